The van der Waals surface area contributed by atoms with Gasteiger partial charge in [-0.05, 0) is 37.3 Å². The zero-order chi connectivity index (χ0) is 16.1. The van der Waals surface area contributed by atoms with Gasteiger partial charge in [0.1, 0.15) is 0 Å². The van der Waals surface area contributed by atoms with Crippen molar-refractivity contribution in [2.75, 3.05) is 16.8 Å². The SMILES string of the molecule is CCN(c1ccccc1)c1cnnc(Nc2cccc(Cl)c2)n1. The number of anilines is 4. The average Bonchev–Trinajstić information content (AvgIpc) is 2.57. The minimum atomic E-state index is 0.430. The second kappa shape index (κ2) is 7.07. The lowest BCUT2D eigenvalue weighted by Crippen LogP contribution is -2.18. The molecule has 3 aromatic rings. The summed E-state index contributed by atoms with van der Waals surface area (Å²) < 4.78 is 0. The first-order valence-electron chi connectivity index (χ1n) is 7.31. The van der Waals surface area contributed by atoms with E-state index in [-0.39, 0.29) is 0 Å². The molecule has 0 amide bonds. The van der Waals surface area contributed by atoms with E-state index in [9.17, 15) is 0 Å². The van der Waals surface area contributed by atoms with Crippen molar-refractivity contribution in [3.63, 3.8) is 0 Å². The van der Waals surface area contributed by atoms with Gasteiger partial charge in [-0.1, -0.05) is 35.9 Å². The molecule has 6 heteroatoms. The first-order valence-corrected chi connectivity index (χ1v) is 7.69. The molecule has 1 N–H and O–H groups in total. The summed E-state index contributed by atoms with van der Waals surface area (Å²) in [5.41, 5.74) is 1.88. The molecule has 116 valence electrons. The van der Waals surface area contributed by atoms with E-state index in [1.165, 1.54) is 0 Å². The van der Waals surface area contributed by atoms with Crippen molar-refractivity contribution < 1.29 is 0 Å². The molecule has 0 bridgehead atoms. The first kappa shape index (κ1) is 15.2. The molecule has 1 heterocycles. The predicted octanol–water partition coefficient (Wildman–Crippen LogP) is 4.43. The van der Waals surface area contributed by atoms with Crippen LogP contribution < -0.4 is 10.2 Å². The van der Waals surface area contributed by atoms with Crippen molar-refractivity contribution in [3.8, 4) is 0 Å². The average molecular weight is 326 g/mol. The molecule has 0 saturated heterocycles. The molecule has 0 saturated carbocycles. The van der Waals surface area contributed by atoms with Crippen LogP contribution in [-0.4, -0.2) is 21.7 Å². The fourth-order valence-electron chi connectivity index (χ4n) is 2.26. The summed E-state index contributed by atoms with van der Waals surface area (Å²) in [6.07, 6.45) is 1.65. The number of hydrogen-bond donors (Lipinski definition) is 1. The van der Waals surface area contributed by atoms with E-state index in [1.54, 1.807) is 6.20 Å². The highest BCUT2D eigenvalue weighted by Gasteiger charge is 2.10. The number of halogens is 1. The van der Waals surface area contributed by atoms with E-state index in [0.717, 1.165) is 23.7 Å². The van der Waals surface area contributed by atoms with Crippen LogP contribution in [-0.2, 0) is 0 Å². The van der Waals surface area contributed by atoms with Crippen LogP contribution in [0.4, 0.5) is 23.1 Å². The lowest BCUT2D eigenvalue weighted by atomic mass is 10.3. The number of nitrogens with zero attached hydrogens (tertiary/aromatic N) is 4. The molecular formula is C17H16ClN5. The Balaban J connectivity index is 1.87. The number of hydrogen-bond acceptors (Lipinski definition) is 5. The van der Waals surface area contributed by atoms with E-state index < -0.39 is 0 Å². The topological polar surface area (TPSA) is 53.9 Å². The Labute approximate surface area is 140 Å². The summed E-state index contributed by atoms with van der Waals surface area (Å²) in [6.45, 7) is 2.85. The molecular weight excluding hydrogens is 310 g/mol. The van der Waals surface area contributed by atoms with Gasteiger partial charge in [-0.15, -0.1) is 5.10 Å². The Hall–Kier alpha value is -2.66. The molecule has 0 unspecified atom stereocenters. The molecule has 0 radical (unpaired) electrons. The number of benzene rings is 2. The first-order chi connectivity index (χ1) is 11.3. The summed E-state index contributed by atoms with van der Waals surface area (Å²) in [7, 11) is 0. The molecule has 5 nitrogen and oxygen atoms in total. The zero-order valence-corrected chi connectivity index (χ0v) is 13.4. The van der Waals surface area contributed by atoms with Gasteiger partial charge in [0.2, 0.25) is 5.95 Å². The standard InChI is InChI=1S/C17H16ClN5/c1-2-23(15-9-4-3-5-10-15)16-12-19-22-17(21-16)20-14-8-6-7-13(18)11-14/h3-12H,2H2,1H3,(H,20,21,22). The third-order valence-electron chi connectivity index (χ3n) is 3.29. The maximum Gasteiger partial charge on any atom is 0.249 e. The summed E-state index contributed by atoms with van der Waals surface area (Å²) >= 11 is 5.99. The van der Waals surface area contributed by atoms with Crippen molar-refractivity contribution in [2.24, 2.45) is 0 Å². The molecule has 23 heavy (non-hydrogen) atoms. The van der Waals surface area contributed by atoms with Gasteiger partial charge in [0.15, 0.2) is 5.82 Å². The van der Waals surface area contributed by atoms with Crippen molar-refractivity contribution in [1.82, 2.24) is 15.2 Å². The van der Waals surface area contributed by atoms with E-state index >= 15 is 0 Å². The van der Waals surface area contributed by atoms with Crippen LogP contribution >= 0.6 is 11.6 Å². The summed E-state index contributed by atoms with van der Waals surface area (Å²) in [5.74, 6) is 1.16. The number of nitrogens with one attached hydrogen (secondary N) is 1. The quantitative estimate of drug-likeness (QED) is 0.752. The van der Waals surface area contributed by atoms with Gasteiger partial charge in [0, 0.05) is 22.9 Å². The molecule has 0 aliphatic heterocycles. The number of para-hydroxylation sites is 1. The molecule has 0 atom stereocenters. The Morgan fingerprint density at radius 2 is 1.91 bits per heavy atom. The highest BCUT2D eigenvalue weighted by atomic mass is 35.5. The van der Waals surface area contributed by atoms with E-state index in [0.29, 0.717) is 11.0 Å². The fraction of sp³-hybridized carbons (Fsp3) is 0.118. The molecule has 3 rings (SSSR count). The van der Waals surface area contributed by atoms with Gasteiger partial charge in [-0.3, -0.25) is 0 Å². The van der Waals surface area contributed by atoms with Crippen LogP contribution in [0.5, 0.6) is 0 Å². The summed E-state index contributed by atoms with van der Waals surface area (Å²) in [4.78, 5) is 6.61. The predicted molar refractivity (Wildman–Crippen MR) is 93.7 cm³/mol. The summed E-state index contributed by atoms with van der Waals surface area (Å²) in [6, 6.07) is 17.5. The van der Waals surface area contributed by atoms with Crippen molar-refractivity contribution in [3.05, 3.63) is 65.8 Å². The van der Waals surface area contributed by atoms with Gasteiger partial charge >= 0.3 is 0 Å². The lowest BCUT2D eigenvalue weighted by Gasteiger charge is -2.21. The Morgan fingerprint density at radius 1 is 1.09 bits per heavy atom. The zero-order valence-electron chi connectivity index (χ0n) is 12.6. The van der Waals surface area contributed by atoms with E-state index in [2.05, 4.69) is 32.3 Å². The molecule has 1 aromatic heterocycles. The Kier molecular flexibility index (Phi) is 4.68. The molecule has 0 aliphatic rings. The van der Waals surface area contributed by atoms with Gasteiger partial charge in [-0.25, -0.2) is 0 Å². The smallest absolute Gasteiger partial charge is 0.249 e. The van der Waals surface area contributed by atoms with Crippen molar-refractivity contribution in [2.45, 2.75) is 6.92 Å². The van der Waals surface area contributed by atoms with Crippen LogP contribution in [0.2, 0.25) is 5.02 Å². The van der Waals surface area contributed by atoms with E-state index in [1.807, 2.05) is 54.6 Å². The second-order valence-corrected chi connectivity index (χ2v) is 5.29. The Morgan fingerprint density at radius 3 is 2.65 bits per heavy atom. The number of aromatic nitrogens is 3. The fourth-order valence-corrected chi connectivity index (χ4v) is 2.45. The van der Waals surface area contributed by atoms with Gasteiger partial charge in [-0.2, -0.15) is 10.1 Å². The Bertz CT molecular complexity index is 779. The maximum atomic E-state index is 5.99. The van der Waals surface area contributed by atoms with Crippen LogP contribution in [0.15, 0.2) is 60.8 Å². The molecule has 0 spiro atoms. The largest absolute Gasteiger partial charge is 0.325 e. The minimum Gasteiger partial charge on any atom is -0.325 e. The third kappa shape index (κ3) is 3.76. The van der Waals surface area contributed by atoms with E-state index in [4.69, 9.17) is 11.6 Å². The summed E-state index contributed by atoms with van der Waals surface area (Å²) in [5, 5.41) is 11.9. The highest BCUT2D eigenvalue weighted by molar-refractivity contribution is 6.30. The van der Waals surface area contributed by atoms with Crippen LogP contribution in [0.25, 0.3) is 0 Å². The highest BCUT2D eigenvalue weighted by Crippen LogP contribution is 2.24. The normalized spacial score (nSPS) is 10.3. The minimum absolute atomic E-state index is 0.430. The van der Waals surface area contributed by atoms with Crippen LogP contribution in [0.1, 0.15) is 6.92 Å². The molecule has 0 aliphatic carbocycles. The molecule has 0 fully saturated rings. The monoisotopic (exact) mass is 325 g/mol. The third-order valence-corrected chi connectivity index (χ3v) is 3.52. The van der Waals surface area contributed by atoms with Crippen molar-refractivity contribution >= 4 is 34.7 Å². The van der Waals surface area contributed by atoms with Crippen LogP contribution in [0, 0.1) is 0 Å². The maximum absolute atomic E-state index is 5.99. The van der Waals surface area contributed by atoms with Crippen molar-refractivity contribution in [1.29, 1.82) is 0 Å². The van der Waals surface area contributed by atoms with Crippen LogP contribution in [0.3, 0.4) is 0 Å². The van der Waals surface area contributed by atoms with Gasteiger partial charge < -0.3 is 10.2 Å². The molecule has 2 aromatic carbocycles. The lowest BCUT2D eigenvalue weighted by molar-refractivity contribution is 0.922. The second-order valence-electron chi connectivity index (χ2n) is 4.85. The number of rotatable bonds is 5. The van der Waals surface area contributed by atoms with Gasteiger partial charge in [0.05, 0.1) is 6.20 Å². The van der Waals surface area contributed by atoms with Gasteiger partial charge in [0.25, 0.3) is 0 Å².